The van der Waals surface area contributed by atoms with Crippen LogP contribution in [-0.2, 0) is 16.6 Å². The van der Waals surface area contributed by atoms with Crippen molar-refractivity contribution >= 4 is 31.9 Å². The molecule has 0 unspecified atom stereocenters. The summed E-state index contributed by atoms with van der Waals surface area (Å²) >= 11 is 3.39. The highest BCUT2D eigenvalue weighted by atomic mass is 79.9. The Hall–Kier alpha value is -1.70. The van der Waals surface area contributed by atoms with Crippen molar-refractivity contribution in [1.82, 2.24) is 10.0 Å². The number of sulfonamides is 1. The van der Waals surface area contributed by atoms with Crippen molar-refractivity contribution in [3.63, 3.8) is 0 Å². The van der Waals surface area contributed by atoms with E-state index in [0.29, 0.717) is 12.1 Å². The molecule has 5 nitrogen and oxygen atoms in total. The summed E-state index contributed by atoms with van der Waals surface area (Å²) in [6.07, 6.45) is 1.77. The van der Waals surface area contributed by atoms with Crippen LogP contribution in [0, 0.1) is 0 Å². The molecule has 0 aliphatic heterocycles. The molecule has 1 fully saturated rings. The summed E-state index contributed by atoms with van der Waals surface area (Å²) in [5.74, 6) is -0.242. The van der Waals surface area contributed by atoms with E-state index in [2.05, 4.69) is 26.0 Å². The molecule has 1 aliphatic rings. The standard InChI is InChI=1S/C17H17BrN2O3S/c18-14-3-1-2-12(10-14)11-19-17(21)13-4-8-16(9-5-13)24(22,23)20-15-6-7-15/h1-5,8-10,15,20H,6-7,11H2,(H,19,21). The first-order valence-corrected chi connectivity index (χ1v) is 9.87. The summed E-state index contributed by atoms with van der Waals surface area (Å²) in [6.45, 7) is 0.404. The zero-order chi connectivity index (χ0) is 17.2. The number of benzene rings is 2. The van der Waals surface area contributed by atoms with Gasteiger partial charge in [0.1, 0.15) is 0 Å². The van der Waals surface area contributed by atoms with E-state index in [1.165, 1.54) is 24.3 Å². The third kappa shape index (κ3) is 4.43. The lowest BCUT2D eigenvalue weighted by molar-refractivity contribution is 0.0951. The molecule has 0 bridgehead atoms. The molecule has 3 rings (SSSR count). The minimum atomic E-state index is -3.49. The van der Waals surface area contributed by atoms with Crippen molar-refractivity contribution in [1.29, 1.82) is 0 Å². The number of hydrogen-bond donors (Lipinski definition) is 2. The monoisotopic (exact) mass is 408 g/mol. The molecule has 126 valence electrons. The molecule has 2 aromatic rings. The number of carbonyl (C=O) groups excluding carboxylic acids is 1. The average molecular weight is 409 g/mol. The van der Waals surface area contributed by atoms with Gasteiger partial charge in [0.05, 0.1) is 4.90 Å². The Morgan fingerprint density at radius 2 is 1.83 bits per heavy atom. The van der Waals surface area contributed by atoms with Gasteiger partial charge in [-0.05, 0) is 54.8 Å². The van der Waals surface area contributed by atoms with E-state index in [1.54, 1.807) is 0 Å². The Morgan fingerprint density at radius 1 is 1.12 bits per heavy atom. The minimum absolute atomic E-state index is 0.0585. The van der Waals surface area contributed by atoms with Crippen molar-refractivity contribution in [2.24, 2.45) is 0 Å². The van der Waals surface area contributed by atoms with Crippen LogP contribution in [0.4, 0.5) is 0 Å². The average Bonchev–Trinajstić information content (AvgIpc) is 3.36. The van der Waals surface area contributed by atoms with E-state index in [-0.39, 0.29) is 16.8 Å². The fourth-order valence-corrected chi connectivity index (χ4v) is 3.96. The van der Waals surface area contributed by atoms with E-state index < -0.39 is 10.0 Å². The van der Waals surface area contributed by atoms with Crippen LogP contribution in [0.5, 0.6) is 0 Å². The van der Waals surface area contributed by atoms with E-state index in [4.69, 9.17) is 0 Å². The molecule has 2 aromatic carbocycles. The van der Waals surface area contributed by atoms with Gasteiger partial charge in [0.2, 0.25) is 10.0 Å². The highest BCUT2D eigenvalue weighted by Gasteiger charge is 2.27. The summed E-state index contributed by atoms with van der Waals surface area (Å²) < 4.78 is 27.7. The van der Waals surface area contributed by atoms with Gasteiger partial charge in [0.15, 0.2) is 0 Å². The molecule has 1 saturated carbocycles. The van der Waals surface area contributed by atoms with Gasteiger partial charge in [-0.3, -0.25) is 4.79 Å². The van der Waals surface area contributed by atoms with Crippen LogP contribution in [0.3, 0.4) is 0 Å². The third-order valence-corrected chi connectivity index (χ3v) is 5.70. The molecule has 0 aromatic heterocycles. The van der Waals surface area contributed by atoms with Crippen LogP contribution in [0.2, 0.25) is 0 Å². The van der Waals surface area contributed by atoms with Crippen molar-refractivity contribution in [2.75, 3.05) is 0 Å². The molecule has 1 aliphatic carbocycles. The van der Waals surface area contributed by atoms with Crippen LogP contribution in [0.25, 0.3) is 0 Å². The molecular formula is C17H17BrN2O3S. The van der Waals surface area contributed by atoms with Crippen molar-refractivity contribution in [3.05, 3.63) is 64.1 Å². The SMILES string of the molecule is O=C(NCc1cccc(Br)c1)c1ccc(S(=O)(=O)NC2CC2)cc1. The number of rotatable bonds is 6. The minimum Gasteiger partial charge on any atom is -0.348 e. The molecule has 1 amide bonds. The van der Waals surface area contributed by atoms with E-state index in [0.717, 1.165) is 22.9 Å². The van der Waals surface area contributed by atoms with E-state index in [1.807, 2.05) is 24.3 Å². The van der Waals surface area contributed by atoms with Crippen LogP contribution >= 0.6 is 15.9 Å². The molecule has 0 spiro atoms. The van der Waals surface area contributed by atoms with Crippen LogP contribution < -0.4 is 10.0 Å². The molecule has 0 saturated heterocycles. The molecule has 0 heterocycles. The topological polar surface area (TPSA) is 75.3 Å². The van der Waals surface area contributed by atoms with Crippen LogP contribution in [0.1, 0.15) is 28.8 Å². The Labute approximate surface area is 149 Å². The van der Waals surface area contributed by atoms with Crippen LogP contribution in [0.15, 0.2) is 57.9 Å². The van der Waals surface area contributed by atoms with Gasteiger partial charge in [-0.25, -0.2) is 13.1 Å². The molecule has 0 radical (unpaired) electrons. The molecule has 7 heteroatoms. The van der Waals surface area contributed by atoms with E-state index in [9.17, 15) is 13.2 Å². The van der Waals surface area contributed by atoms with Gasteiger partial charge in [-0.1, -0.05) is 28.1 Å². The highest BCUT2D eigenvalue weighted by molar-refractivity contribution is 9.10. The second-order valence-corrected chi connectivity index (χ2v) is 8.36. The lowest BCUT2D eigenvalue weighted by Gasteiger charge is -2.08. The number of hydrogen-bond acceptors (Lipinski definition) is 3. The number of amides is 1. The Bertz CT molecular complexity index is 846. The third-order valence-electron chi connectivity index (χ3n) is 3.67. The number of carbonyl (C=O) groups is 1. The highest BCUT2D eigenvalue weighted by Crippen LogP contribution is 2.22. The Balaban J connectivity index is 1.63. The van der Waals surface area contributed by atoms with Gasteiger partial charge >= 0.3 is 0 Å². The van der Waals surface area contributed by atoms with Gasteiger partial charge in [-0.2, -0.15) is 0 Å². The van der Waals surface area contributed by atoms with Crippen LogP contribution in [-0.4, -0.2) is 20.4 Å². The lowest BCUT2D eigenvalue weighted by Crippen LogP contribution is -2.26. The lowest BCUT2D eigenvalue weighted by atomic mass is 10.2. The normalized spacial score (nSPS) is 14.4. The fraction of sp³-hybridized carbons (Fsp3) is 0.235. The number of nitrogens with one attached hydrogen (secondary N) is 2. The van der Waals surface area contributed by atoms with Crippen molar-refractivity contribution < 1.29 is 13.2 Å². The smallest absolute Gasteiger partial charge is 0.251 e. The second-order valence-electron chi connectivity index (χ2n) is 5.73. The number of halogens is 1. The first-order chi connectivity index (χ1) is 11.4. The van der Waals surface area contributed by atoms with Gasteiger partial charge in [0, 0.05) is 22.6 Å². The molecule has 2 N–H and O–H groups in total. The predicted octanol–water partition coefficient (Wildman–Crippen LogP) is 2.82. The fourth-order valence-electron chi connectivity index (χ4n) is 2.21. The van der Waals surface area contributed by atoms with E-state index >= 15 is 0 Å². The first-order valence-electron chi connectivity index (χ1n) is 7.59. The first kappa shape index (κ1) is 17.1. The quantitative estimate of drug-likeness (QED) is 0.771. The maximum Gasteiger partial charge on any atom is 0.251 e. The zero-order valence-electron chi connectivity index (χ0n) is 12.8. The van der Waals surface area contributed by atoms with Crippen molar-refractivity contribution in [3.8, 4) is 0 Å². The summed E-state index contributed by atoms with van der Waals surface area (Å²) in [5, 5.41) is 2.82. The maximum absolute atomic E-state index is 12.2. The molecule has 24 heavy (non-hydrogen) atoms. The maximum atomic E-state index is 12.2. The predicted molar refractivity (Wildman–Crippen MR) is 95.1 cm³/mol. The van der Waals surface area contributed by atoms with Crippen molar-refractivity contribution in [2.45, 2.75) is 30.3 Å². The Morgan fingerprint density at radius 3 is 2.46 bits per heavy atom. The largest absolute Gasteiger partial charge is 0.348 e. The summed E-state index contributed by atoms with van der Waals surface area (Å²) in [7, 11) is -3.49. The molecule has 0 atom stereocenters. The second kappa shape index (κ2) is 7.04. The van der Waals surface area contributed by atoms with Gasteiger partial charge in [-0.15, -0.1) is 0 Å². The summed E-state index contributed by atoms with van der Waals surface area (Å²) in [5.41, 5.74) is 1.40. The zero-order valence-corrected chi connectivity index (χ0v) is 15.2. The van der Waals surface area contributed by atoms with Gasteiger partial charge in [0.25, 0.3) is 5.91 Å². The van der Waals surface area contributed by atoms with Gasteiger partial charge < -0.3 is 5.32 Å². The molecular weight excluding hydrogens is 392 g/mol. The Kier molecular flexibility index (Phi) is 5.03. The summed E-state index contributed by atoms with van der Waals surface area (Å²) in [6, 6.07) is 13.7. The summed E-state index contributed by atoms with van der Waals surface area (Å²) in [4.78, 5) is 12.3.